The molecule has 0 N–H and O–H groups in total. The standard InChI is InChI=1S/C17H21NS/c18-13-17(19-16-9-5-2-6-10-16)11-15(12-17)14-7-3-1-4-8-14/h1,3-4,7-8,15-16H,2,5-6,9-12H2. The van der Waals surface area contributed by atoms with E-state index in [-0.39, 0.29) is 4.75 Å². The normalized spacial score (nSPS) is 31.4. The number of nitriles is 1. The number of benzene rings is 1. The van der Waals surface area contributed by atoms with Crippen LogP contribution in [0.5, 0.6) is 0 Å². The van der Waals surface area contributed by atoms with Gasteiger partial charge >= 0.3 is 0 Å². The average Bonchev–Trinajstić information content (AvgIpc) is 2.44. The summed E-state index contributed by atoms with van der Waals surface area (Å²) in [6.07, 6.45) is 8.86. The fraction of sp³-hybridized carbons (Fsp3) is 0.588. The van der Waals surface area contributed by atoms with Crippen LogP contribution in [-0.4, -0.2) is 10.00 Å². The van der Waals surface area contributed by atoms with Crippen LogP contribution in [-0.2, 0) is 0 Å². The predicted octanol–water partition coefficient (Wildman–Crippen LogP) is 4.89. The smallest absolute Gasteiger partial charge is 0.104 e. The monoisotopic (exact) mass is 271 g/mol. The van der Waals surface area contributed by atoms with Crippen LogP contribution in [0.15, 0.2) is 30.3 Å². The van der Waals surface area contributed by atoms with Gasteiger partial charge in [0.2, 0.25) is 0 Å². The van der Waals surface area contributed by atoms with Crippen LogP contribution in [0.1, 0.15) is 56.4 Å². The lowest BCUT2D eigenvalue weighted by Crippen LogP contribution is -2.40. The largest absolute Gasteiger partial charge is 0.197 e. The molecule has 0 unspecified atom stereocenters. The van der Waals surface area contributed by atoms with Crippen molar-refractivity contribution in [3.63, 3.8) is 0 Å². The SMILES string of the molecule is N#CC1(SC2CCCCC2)CC(c2ccccc2)C1. The molecule has 0 saturated heterocycles. The van der Waals surface area contributed by atoms with Gasteiger partial charge in [0.1, 0.15) is 4.75 Å². The summed E-state index contributed by atoms with van der Waals surface area (Å²) in [6.45, 7) is 0. The van der Waals surface area contributed by atoms with Gasteiger partial charge in [0, 0.05) is 5.25 Å². The summed E-state index contributed by atoms with van der Waals surface area (Å²) in [5.41, 5.74) is 1.41. The third-order valence-corrected chi connectivity index (χ3v) is 6.25. The van der Waals surface area contributed by atoms with E-state index in [9.17, 15) is 5.26 Å². The Bertz CT molecular complexity index is 450. The Hall–Kier alpha value is -0.940. The fourth-order valence-corrected chi connectivity index (χ4v) is 5.27. The minimum Gasteiger partial charge on any atom is -0.197 e. The first-order valence-corrected chi connectivity index (χ1v) is 8.33. The van der Waals surface area contributed by atoms with Crippen molar-refractivity contribution < 1.29 is 0 Å². The summed E-state index contributed by atoms with van der Waals surface area (Å²) in [5, 5.41) is 10.3. The zero-order valence-electron chi connectivity index (χ0n) is 11.3. The van der Waals surface area contributed by atoms with Crippen molar-refractivity contribution in [3.05, 3.63) is 35.9 Å². The Labute approximate surface area is 120 Å². The van der Waals surface area contributed by atoms with Crippen LogP contribution in [0, 0.1) is 11.3 Å². The number of hydrogen-bond donors (Lipinski definition) is 0. The minimum atomic E-state index is -0.0808. The summed E-state index contributed by atoms with van der Waals surface area (Å²) >= 11 is 1.99. The molecular weight excluding hydrogens is 250 g/mol. The molecule has 0 bridgehead atoms. The van der Waals surface area contributed by atoms with Gasteiger partial charge in [0.05, 0.1) is 6.07 Å². The van der Waals surface area contributed by atoms with Crippen LogP contribution < -0.4 is 0 Å². The average molecular weight is 271 g/mol. The van der Waals surface area contributed by atoms with Crippen LogP contribution in [0.25, 0.3) is 0 Å². The van der Waals surface area contributed by atoms with Gasteiger partial charge < -0.3 is 0 Å². The molecule has 0 spiro atoms. The first kappa shape index (κ1) is 13.1. The molecule has 0 amide bonds. The quantitative estimate of drug-likeness (QED) is 0.781. The molecule has 19 heavy (non-hydrogen) atoms. The van der Waals surface area contributed by atoms with Gasteiger partial charge in [-0.25, -0.2) is 0 Å². The second-order valence-electron chi connectivity index (χ2n) is 6.00. The van der Waals surface area contributed by atoms with Crippen LogP contribution in [0.4, 0.5) is 0 Å². The predicted molar refractivity (Wildman–Crippen MR) is 81.2 cm³/mol. The molecule has 2 aliphatic carbocycles. The Morgan fingerprint density at radius 2 is 1.74 bits per heavy atom. The molecule has 2 heteroatoms. The summed E-state index contributed by atoms with van der Waals surface area (Å²) in [6, 6.07) is 13.3. The lowest BCUT2D eigenvalue weighted by molar-refractivity contribution is 0.365. The van der Waals surface area contributed by atoms with E-state index in [1.165, 1.54) is 37.7 Å². The molecular formula is C17H21NS. The lowest BCUT2D eigenvalue weighted by atomic mass is 9.71. The van der Waals surface area contributed by atoms with E-state index in [0.29, 0.717) is 5.92 Å². The maximum Gasteiger partial charge on any atom is 0.104 e. The molecule has 100 valence electrons. The molecule has 1 aromatic carbocycles. The number of nitrogens with zero attached hydrogens (tertiary/aromatic N) is 1. The summed E-state index contributed by atoms with van der Waals surface area (Å²) in [7, 11) is 0. The van der Waals surface area contributed by atoms with Crippen molar-refractivity contribution in [2.45, 2.75) is 60.9 Å². The van der Waals surface area contributed by atoms with E-state index < -0.39 is 0 Å². The van der Waals surface area contributed by atoms with Crippen molar-refractivity contribution in [2.24, 2.45) is 0 Å². The molecule has 2 saturated carbocycles. The Morgan fingerprint density at radius 3 is 2.37 bits per heavy atom. The van der Waals surface area contributed by atoms with Gasteiger partial charge in [-0.2, -0.15) is 5.26 Å². The van der Waals surface area contributed by atoms with Gasteiger partial charge in [0.25, 0.3) is 0 Å². The molecule has 0 aromatic heterocycles. The van der Waals surface area contributed by atoms with E-state index in [4.69, 9.17) is 0 Å². The Balaban J connectivity index is 1.60. The molecule has 0 aliphatic heterocycles. The van der Waals surface area contributed by atoms with Crippen molar-refractivity contribution in [1.29, 1.82) is 5.26 Å². The molecule has 0 radical (unpaired) electrons. The van der Waals surface area contributed by atoms with E-state index in [1.807, 2.05) is 11.8 Å². The van der Waals surface area contributed by atoms with E-state index in [0.717, 1.165) is 18.1 Å². The second-order valence-corrected chi connectivity index (χ2v) is 7.68. The van der Waals surface area contributed by atoms with Crippen molar-refractivity contribution in [3.8, 4) is 6.07 Å². The van der Waals surface area contributed by atoms with E-state index in [1.54, 1.807) is 0 Å². The lowest BCUT2D eigenvalue weighted by Gasteiger charge is -2.44. The van der Waals surface area contributed by atoms with Crippen LogP contribution >= 0.6 is 11.8 Å². The van der Waals surface area contributed by atoms with Crippen LogP contribution in [0.2, 0.25) is 0 Å². The maximum absolute atomic E-state index is 9.56. The van der Waals surface area contributed by atoms with Crippen LogP contribution in [0.3, 0.4) is 0 Å². The van der Waals surface area contributed by atoms with Gasteiger partial charge in [-0.05, 0) is 37.2 Å². The topological polar surface area (TPSA) is 23.8 Å². The van der Waals surface area contributed by atoms with Crippen molar-refractivity contribution in [1.82, 2.24) is 0 Å². The number of rotatable bonds is 3. The van der Waals surface area contributed by atoms with E-state index >= 15 is 0 Å². The summed E-state index contributed by atoms with van der Waals surface area (Å²) < 4.78 is -0.0808. The first-order chi connectivity index (χ1) is 9.31. The zero-order valence-corrected chi connectivity index (χ0v) is 12.2. The van der Waals surface area contributed by atoms with Gasteiger partial charge in [-0.3, -0.25) is 0 Å². The third kappa shape index (κ3) is 2.82. The molecule has 1 nitrogen and oxygen atoms in total. The van der Waals surface area contributed by atoms with Crippen molar-refractivity contribution >= 4 is 11.8 Å². The van der Waals surface area contributed by atoms with Crippen molar-refractivity contribution in [2.75, 3.05) is 0 Å². The molecule has 1 aromatic rings. The molecule has 2 fully saturated rings. The Morgan fingerprint density at radius 1 is 1.05 bits per heavy atom. The fourth-order valence-electron chi connectivity index (χ4n) is 3.41. The zero-order chi connectivity index (χ0) is 13.1. The summed E-state index contributed by atoms with van der Waals surface area (Å²) in [5.74, 6) is 0.608. The molecule has 2 aliphatic rings. The number of thioether (sulfide) groups is 1. The highest BCUT2D eigenvalue weighted by molar-refractivity contribution is 8.01. The first-order valence-electron chi connectivity index (χ1n) is 7.45. The minimum absolute atomic E-state index is 0.0808. The highest BCUT2D eigenvalue weighted by Gasteiger charge is 2.47. The maximum atomic E-state index is 9.56. The molecule has 3 rings (SSSR count). The molecule has 0 heterocycles. The molecule has 0 atom stereocenters. The highest BCUT2D eigenvalue weighted by Crippen LogP contribution is 2.54. The van der Waals surface area contributed by atoms with Gasteiger partial charge in [-0.15, -0.1) is 11.8 Å². The van der Waals surface area contributed by atoms with Gasteiger partial charge in [0.15, 0.2) is 0 Å². The van der Waals surface area contributed by atoms with E-state index in [2.05, 4.69) is 36.4 Å². The third-order valence-electron chi connectivity index (χ3n) is 4.57. The van der Waals surface area contributed by atoms with Gasteiger partial charge in [-0.1, -0.05) is 49.6 Å². The Kier molecular flexibility index (Phi) is 3.84. The number of hydrogen-bond acceptors (Lipinski definition) is 2. The summed E-state index contributed by atoms with van der Waals surface area (Å²) in [4.78, 5) is 0. The second kappa shape index (κ2) is 5.59. The highest BCUT2D eigenvalue weighted by atomic mass is 32.2.